The topological polar surface area (TPSA) is 58.6 Å². The fraction of sp³-hybridized carbons (Fsp3) is 0.875. The minimum absolute atomic E-state index is 0.00781. The predicted molar refractivity (Wildman–Crippen MR) is 80.8 cm³/mol. The molecule has 2 amide bonds. The Bertz CT molecular complexity index is 400. The molecule has 21 heavy (non-hydrogen) atoms. The quantitative estimate of drug-likeness (QED) is 0.840. The number of rotatable bonds is 5. The molecule has 5 nitrogen and oxygen atoms in total. The van der Waals surface area contributed by atoms with Crippen molar-refractivity contribution >= 4 is 11.8 Å². The van der Waals surface area contributed by atoms with Gasteiger partial charge in [0, 0.05) is 18.6 Å². The summed E-state index contributed by atoms with van der Waals surface area (Å²) in [5, 5.41) is 2.99. The lowest BCUT2D eigenvalue weighted by Gasteiger charge is -2.48. The van der Waals surface area contributed by atoms with Crippen LogP contribution in [0.5, 0.6) is 0 Å². The van der Waals surface area contributed by atoms with Crippen LogP contribution < -0.4 is 5.32 Å². The summed E-state index contributed by atoms with van der Waals surface area (Å²) in [6.45, 7) is 9.41. The molecular formula is C16H28N2O3. The summed E-state index contributed by atoms with van der Waals surface area (Å²) in [5.74, 6) is 0.408. The van der Waals surface area contributed by atoms with Crippen LogP contribution >= 0.6 is 0 Å². The zero-order valence-electron chi connectivity index (χ0n) is 13.6. The average Bonchev–Trinajstić information content (AvgIpc) is 3.02. The third kappa shape index (κ3) is 2.68. The number of ether oxygens (including phenoxy) is 1. The third-order valence-electron chi connectivity index (χ3n) is 5.32. The molecule has 0 bridgehead atoms. The van der Waals surface area contributed by atoms with Crippen molar-refractivity contribution in [1.29, 1.82) is 0 Å². The van der Waals surface area contributed by atoms with Gasteiger partial charge in [0.25, 0.3) is 0 Å². The Hall–Kier alpha value is -1.10. The molecule has 0 saturated carbocycles. The Morgan fingerprint density at radius 1 is 1.33 bits per heavy atom. The molecule has 0 aliphatic carbocycles. The standard InChI is InChI=1S/C16H28N2O3/c1-5-13-14(19)17-16(6-2,7-3)15(20)18(13)11(4)12-8-9-21-10-12/h11-13H,5-10H2,1-4H3,(H,17,19). The Labute approximate surface area is 127 Å². The highest BCUT2D eigenvalue weighted by Gasteiger charge is 2.50. The molecule has 120 valence electrons. The van der Waals surface area contributed by atoms with Crippen molar-refractivity contribution < 1.29 is 14.3 Å². The summed E-state index contributed by atoms with van der Waals surface area (Å²) in [6.07, 6.45) is 2.89. The Morgan fingerprint density at radius 3 is 2.48 bits per heavy atom. The molecule has 0 aromatic carbocycles. The van der Waals surface area contributed by atoms with E-state index in [1.54, 1.807) is 0 Å². The van der Waals surface area contributed by atoms with Crippen LogP contribution in [0.15, 0.2) is 0 Å². The van der Waals surface area contributed by atoms with Crippen LogP contribution in [0.2, 0.25) is 0 Å². The minimum Gasteiger partial charge on any atom is -0.381 e. The Kier molecular flexibility index (Phi) is 4.91. The van der Waals surface area contributed by atoms with Crippen LogP contribution in [0, 0.1) is 5.92 Å². The van der Waals surface area contributed by atoms with E-state index in [0.717, 1.165) is 13.0 Å². The lowest BCUT2D eigenvalue weighted by atomic mass is 9.84. The maximum Gasteiger partial charge on any atom is 0.249 e. The van der Waals surface area contributed by atoms with E-state index in [4.69, 9.17) is 4.74 Å². The molecule has 2 heterocycles. The van der Waals surface area contributed by atoms with Crippen molar-refractivity contribution in [1.82, 2.24) is 10.2 Å². The van der Waals surface area contributed by atoms with E-state index in [0.29, 0.717) is 31.8 Å². The Morgan fingerprint density at radius 2 is 2.00 bits per heavy atom. The van der Waals surface area contributed by atoms with Crippen molar-refractivity contribution in [3.05, 3.63) is 0 Å². The van der Waals surface area contributed by atoms with E-state index in [-0.39, 0.29) is 23.9 Å². The summed E-state index contributed by atoms with van der Waals surface area (Å²) >= 11 is 0. The van der Waals surface area contributed by atoms with E-state index in [2.05, 4.69) is 12.2 Å². The van der Waals surface area contributed by atoms with Crippen LogP contribution in [0.25, 0.3) is 0 Å². The molecule has 0 spiro atoms. The first-order valence-corrected chi connectivity index (χ1v) is 8.23. The average molecular weight is 296 g/mol. The number of nitrogens with zero attached hydrogens (tertiary/aromatic N) is 1. The zero-order valence-corrected chi connectivity index (χ0v) is 13.6. The van der Waals surface area contributed by atoms with Gasteiger partial charge in [-0.25, -0.2) is 0 Å². The third-order valence-corrected chi connectivity index (χ3v) is 5.32. The maximum atomic E-state index is 13.1. The highest BCUT2D eigenvalue weighted by atomic mass is 16.5. The number of carbonyl (C=O) groups excluding carboxylic acids is 2. The van der Waals surface area contributed by atoms with Crippen LogP contribution in [0.4, 0.5) is 0 Å². The fourth-order valence-electron chi connectivity index (χ4n) is 3.63. The lowest BCUT2D eigenvalue weighted by molar-refractivity contribution is -0.159. The predicted octanol–water partition coefficient (Wildman–Crippen LogP) is 1.71. The minimum atomic E-state index is -0.726. The first-order valence-electron chi connectivity index (χ1n) is 8.23. The molecule has 0 aromatic rings. The SMILES string of the molecule is CCC1C(=O)NC(CC)(CC)C(=O)N1C(C)C1CCOC1. The van der Waals surface area contributed by atoms with Gasteiger partial charge in [-0.3, -0.25) is 9.59 Å². The Balaban J connectivity index is 2.32. The summed E-state index contributed by atoms with van der Waals surface area (Å²) in [7, 11) is 0. The van der Waals surface area contributed by atoms with Gasteiger partial charge in [0.15, 0.2) is 0 Å². The van der Waals surface area contributed by atoms with Crippen LogP contribution in [0.3, 0.4) is 0 Å². The second-order valence-corrected chi connectivity index (χ2v) is 6.28. The van der Waals surface area contributed by atoms with Gasteiger partial charge in [-0.1, -0.05) is 20.8 Å². The fourth-order valence-corrected chi connectivity index (χ4v) is 3.63. The number of piperazine rings is 1. The second-order valence-electron chi connectivity index (χ2n) is 6.28. The molecule has 2 rings (SSSR count). The van der Waals surface area contributed by atoms with E-state index in [1.165, 1.54) is 0 Å². The number of amides is 2. The first kappa shape index (κ1) is 16.3. The molecule has 0 radical (unpaired) electrons. The van der Waals surface area contributed by atoms with Crippen molar-refractivity contribution in [2.24, 2.45) is 5.92 Å². The molecular weight excluding hydrogens is 268 g/mol. The van der Waals surface area contributed by atoms with E-state index >= 15 is 0 Å². The van der Waals surface area contributed by atoms with Gasteiger partial charge >= 0.3 is 0 Å². The zero-order chi connectivity index (χ0) is 15.6. The molecule has 3 unspecified atom stereocenters. The maximum absolute atomic E-state index is 13.1. The monoisotopic (exact) mass is 296 g/mol. The van der Waals surface area contributed by atoms with Crippen LogP contribution in [0.1, 0.15) is 53.4 Å². The number of hydrogen-bond acceptors (Lipinski definition) is 3. The largest absolute Gasteiger partial charge is 0.381 e. The van der Waals surface area contributed by atoms with Crippen LogP contribution in [-0.4, -0.2) is 47.6 Å². The first-order chi connectivity index (χ1) is 10.0. The molecule has 0 aromatic heterocycles. The van der Waals surface area contributed by atoms with Gasteiger partial charge in [0.05, 0.1) is 6.61 Å². The van der Waals surface area contributed by atoms with E-state index < -0.39 is 5.54 Å². The highest BCUT2D eigenvalue weighted by molar-refractivity contribution is 6.00. The summed E-state index contributed by atoms with van der Waals surface area (Å²) in [4.78, 5) is 27.4. The van der Waals surface area contributed by atoms with Crippen molar-refractivity contribution in [3.63, 3.8) is 0 Å². The van der Waals surface area contributed by atoms with Crippen molar-refractivity contribution in [3.8, 4) is 0 Å². The van der Waals surface area contributed by atoms with Gasteiger partial charge in [-0.05, 0) is 32.6 Å². The van der Waals surface area contributed by atoms with Gasteiger partial charge in [-0.15, -0.1) is 0 Å². The molecule has 2 aliphatic rings. The summed E-state index contributed by atoms with van der Waals surface area (Å²) < 4.78 is 5.47. The highest BCUT2D eigenvalue weighted by Crippen LogP contribution is 2.31. The number of hydrogen-bond donors (Lipinski definition) is 1. The summed E-state index contributed by atoms with van der Waals surface area (Å²) in [6, 6.07) is -0.298. The van der Waals surface area contributed by atoms with Gasteiger partial charge in [0.2, 0.25) is 11.8 Å². The molecule has 3 atom stereocenters. The molecule has 2 fully saturated rings. The smallest absolute Gasteiger partial charge is 0.249 e. The van der Waals surface area contributed by atoms with E-state index in [9.17, 15) is 9.59 Å². The van der Waals surface area contributed by atoms with Gasteiger partial charge in [0.1, 0.15) is 11.6 Å². The summed E-state index contributed by atoms with van der Waals surface area (Å²) in [5.41, 5.74) is -0.726. The molecule has 1 N–H and O–H groups in total. The molecule has 5 heteroatoms. The number of carbonyl (C=O) groups is 2. The number of nitrogens with one attached hydrogen (secondary N) is 1. The van der Waals surface area contributed by atoms with Gasteiger partial charge < -0.3 is 15.0 Å². The molecule has 2 aliphatic heterocycles. The van der Waals surface area contributed by atoms with Crippen LogP contribution in [-0.2, 0) is 14.3 Å². The second kappa shape index (κ2) is 6.34. The van der Waals surface area contributed by atoms with E-state index in [1.807, 2.05) is 25.7 Å². The lowest BCUT2D eigenvalue weighted by Crippen LogP contribution is -2.72. The normalized spacial score (nSPS) is 30.4. The van der Waals surface area contributed by atoms with Crippen molar-refractivity contribution in [2.45, 2.75) is 71.0 Å². The van der Waals surface area contributed by atoms with Gasteiger partial charge in [-0.2, -0.15) is 0 Å². The van der Waals surface area contributed by atoms with Crippen molar-refractivity contribution in [2.75, 3.05) is 13.2 Å². The molecule has 2 saturated heterocycles.